The molecule has 0 atom stereocenters. The summed E-state index contributed by atoms with van der Waals surface area (Å²) in [5.41, 5.74) is 2.01. The predicted molar refractivity (Wildman–Crippen MR) is 106 cm³/mol. The van der Waals surface area contributed by atoms with E-state index < -0.39 is 0 Å². The van der Waals surface area contributed by atoms with Crippen molar-refractivity contribution in [1.82, 2.24) is 4.90 Å². The summed E-state index contributed by atoms with van der Waals surface area (Å²) in [5, 5.41) is 3.47. The number of carbonyl (C=O) groups is 1. The van der Waals surface area contributed by atoms with Gasteiger partial charge in [0.05, 0.1) is 17.8 Å². The molecule has 2 amide bonds. The number of ether oxygens (including phenoxy) is 1. The fourth-order valence-electron chi connectivity index (χ4n) is 3.34. The van der Waals surface area contributed by atoms with Crippen molar-refractivity contribution < 1.29 is 9.53 Å². The number of rotatable bonds is 5. The predicted octanol–water partition coefficient (Wildman–Crippen LogP) is 5.23. The molecule has 1 heterocycles. The summed E-state index contributed by atoms with van der Waals surface area (Å²) in [5.74, 6) is 1.56. The molecule has 2 aromatic carbocycles. The standard InChI is InChI=1S/C21H25ClN2O2/c1-26-18-10-8-16(9-11-18)6-7-17-12-14-24(15-13-17)21(25)23-20-5-3-2-4-19(20)22/h2-5,8-11,17H,6-7,12-15H2,1H3,(H,23,25). The van der Waals surface area contributed by atoms with Crippen molar-refractivity contribution >= 4 is 23.3 Å². The van der Waals surface area contributed by atoms with E-state index in [1.54, 1.807) is 13.2 Å². The Hall–Kier alpha value is -2.20. The minimum Gasteiger partial charge on any atom is -0.497 e. The second-order valence-corrected chi connectivity index (χ2v) is 7.13. The van der Waals surface area contributed by atoms with Crippen LogP contribution in [0.2, 0.25) is 5.02 Å². The highest BCUT2D eigenvalue weighted by atomic mass is 35.5. The van der Waals surface area contributed by atoms with Crippen molar-refractivity contribution in [2.45, 2.75) is 25.7 Å². The van der Waals surface area contributed by atoms with E-state index in [0.717, 1.165) is 44.5 Å². The lowest BCUT2D eigenvalue weighted by Gasteiger charge is -2.32. The number of aryl methyl sites for hydroxylation is 1. The van der Waals surface area contributed by atoms with E-state index in [4.69, 9.17) is 16.3 Å². The number of anilines is 1. The van der Waals surface area contributed by atoms with E-state index in [1.807, 2.05) is 35.2 Å². The Morgan fingerprint density at radius 2 is 1.85 bits per heavy atom. The molecule has 5 heteroatoms. The monoisotopic (exact) mass is 372 g/mol. The quantitative estimate of drug-likeness (QED) is 0.781. The van der Waals surface area contributed by atoms with E-state index in [0.29, 0.717) is 16.6 Å². The number of carbonyl (C=O) groups excluding carboxylic acids is 1. The van der Waals surface area contributed by atoms with Gasteiger partial charge in [-0.3, -0.25) is 0 Å². The summed E-state index contributed by atoms with van der Waals surface area (Å²) in [7, 11) is 1.69. The van der Waals surface area contributed by atoms with Crippen molar-refractivity contribution in [1.29, 1.82) is 0 Å². The second kappa shape index (κ2) is 8.95. The molecule has 3 rings (SSSR count). The number of likely N-dealkylation sites (tertiary alicyclic amines) is 1. The molecule has 1 N–H and O–H groups in total. The molecule has 0 saturated carbocycles. The van der Waals surface area contributed by atoms with Gasteiger partial charge in [0.15, 0.2) is 0 Å². The molecular formula is C21H25ClN2O2. The average molecular weight is 373 g/mol. The summed E-state index contributed by atoms with van der Waals surface area (Å²) in [6.45, 7) is 1.59. The van der Waals surface area contributed by atoms with Gasteiger partial charge in [0.1, 0.15) is 5.75 Å². The Bertz CT molecular complexity index is 725. The molecule has 0 aromatic heterocycles. The van der Waals surface area contributed by atoms with Gasteiger partial charge < -0.3 is 15.0 Å². The number of halogens is 1. The smallest absolute Gasteiger partial charge is 0.321 e. The lowest BCUT2D eigenvalue weighted by atomic mass is 9.90. The van der Waals surface area contributed by atoms with Gasteiger partial charge in [0.25, 0.3) is 0 Å². The molecule has 0 spiro atoms. The molecule has 0 aliphatic carbocycles. The van der Waals surface area contributed by atoms with Crippen LogP contribution in [0.3, 0.4) is 0 Å². The fourth-order valence-corrected chi connectivity index (χ4v) is 3.53. The molecular weight excluding hydrogens is 348 g/mol. The van der Waals surface area contributed by atoms with Gasteiger partial charge in [-0.15, -0.1) is 0 Å². The van der Waals surface area contributed by atoms with Gasteiger partial charge in [-0.2, -0.15) is 0 Å². The Morgan fingerprint density at radius 1 is 1.15 bits per heavy atom. The van der Waals surface area contributed by atoms with Crippen LogP contribution in [0.25, 0.3) is 0 Å². The highest BCUT2D eigenvalue weighted by Gasteiger charge is 2.23. The Labute approximate surface area is 160 Å². The zero-order valence-electron chi connectivity index (χ0n) is 15.1. The minimum atomic E-state index is -0.0632. The molecule has 4 nitrogen and oxygen atoms in total. The average Bonchev–Trinajstić information content (AvgIpc) is 2.69. The van der Waals surface area contributed by atoms with Crippen LogP contribution in [-0.4, -0.2) is 31.1 Å². The number of piperidine rings is 1. The summed E-state index contributed by atoms with van der Waals surface area (Å²) in [4.78, 5) is 14.3. The minimum absolute atomic E-state index is 0.0632. The molecule has 0 unspecified atom stereocenters. The zero-order valence-corrected chi connectivity index (χ0v) is 15.8. The maximum absolute atomic E-state index is 12.4. The molecule has 1 aliphatic rings. The number of nitrogens with one attached hydrogen (secondary N) is 1. The van der Waals surface area contributed by atoms with Crippen LogP contribution < -0.4 is 10.1 Å². The van der Waals surface area contributed by atoms with Gasteiger partial charge in [0.2, 0.25) is 0 Å². The maximum Gasteiger partial charge on any atom is 0.321 e. The van der Waals surface area contributed by atoms with Crippen LogP contribution in [-0.2, 0) is 6.42 Å². The van der Waals surface area contributed by atoms with Crippen molar-refractivity contribution in [2.75, 3.05) is 25.5 Å². The fraction of sp³-hybridized carbons (Fsp3) is 0.381. The molecule has 1 fully saturated rings. The highest BCUT2D eigenvalue weighted by Crippen LogP contribution is 2.25. The third kappa shape index (κ3) is 4.92. The van der Waals surface area contributed by atoms with Crippen molar-refractivity contribution in [2.24, 2.45) is 5.92 Å². The number of methoxy groups -OCH3 is 1. The molecule has 2 aromatic rings. The van der Waals surface area contributed by atoms with Gasteiger partial charge in [-0.05, 0) is 61.4 Å². The molecule has 138 valence electrons. The normalized spacial score (nSPS) is 14.9. The van der Waals surface area contributed by atoms with E-state index in [-0.39, 0.29) is 6.03 Å². The summed E-state index contributed by atoms with van der Waals surface area (Å²) in [6, 6.07) is 15.5. The number of urea groups is 1. The second-order valence-electron chi connectivity index (χ2n) is 6.73. The SMILES string of the molecule is COc1ccc(CCC2CCN(C(=O)Nc3ccccc3Cl)CC2)cc1. The third-order valence-corrected chi connectivity index (χ3v) is 5.35. The van der Waals surface area contributed by atoms with Crippen LogP contribution >= 0.6 is 11.6 Å². The Morgan fingerprint density at radius 3 is 2.50 bits per heavy atom. The van der Waals surface area contributed by atoms with Crippen molar-refractivity contribution in [3.05, 3.63) is 59.1 Å². The van der Waals surface area contributed by atoms with Crippen LogP contribution in [0.15, 0.2) is 48.5 Å². The van der Waals surface area contributed by atoms with Gasteiger partial charge in [-0.1, -0.05) is 35.9 Å². The number of para-hydroxylation sites is 1. The Kier molecular flexibility index (Phi) is 6.40. The first-order valence-corrected chi connectivity index (χ1v) is 9.47. The molecule has 1 saturated heterocycles. The van der Waals surface area contributed by atoms with E-state index >= 15 is 0 Å². The first kappa shape index (κ1) is 18.6. The lowest BCUT2D eigenvalue weighted by Crippen LogP contribution is -2.41. The molecule has 0 bridgehead atoms. The topological polar surface area (TPSA) is 41.6 Å². The number of amides is 2. The third-order valence-electron chi connectivity index (χ3n) is 5.02. The maximum atomic E-state index is 12.4. The van der Waals surface area contributed by atoms with Crippen LogP contribution in [0.4, 0.5) is 10.5 Å². The number of hydrogen-bond acceptors (Lipinski definition) is 2. The van der Waals surface area contributed by atoms with E-state index in [1.165, 1.54) is 5.56 Å². The number of hydrogen-bond donors (Lipinski definition) is 1. The van der Waals surface area contributed by atoms with E-state index in [2.05, 4.69) is 17.4 Å². The molecule has 0 radical (unpaired) electrons. The van der Waals surface area contributed by atoms with E-state index in [9.17, 15) is 4.79 Å². The zero-order chi connectivity index (χ0) is 18.4. The largest absolute Gasteiger partial charge is 0.497 e. The first-order chi connectivity index (χ1) is 12.7. The Balaban J connectivity index is 1.43. The number of nitrogens with zero attached hydrogens (tertiary/aromatic N) is 1. The molecule has 26 heavy (non-hydrogen) atoms. The van der Waals surface area contributed by atoms with Crippen LogP contribution in [0.1, 0.15) is 24.8 Å². The summed E-state index contributed by atoms with van der Waals surface area (Å²) >= 11 is 6.11. The summed E-state index contributed by atoms with van der Waals surface area (Å²) < 4.78 is 5.20. The lowest BCUT2D eigenvalue weighted by molar-refractivity contribution is 0.180. The van der Waals surface area contributed by atoms with Gasteiger partial charge in [0, 0.05) is 13.1 Å². The highest BCUT2D eigenvalue weighted by molar-refractivity contribution is 6.33. The van der Waals surface area contributed by atoms with Crippen LogP contribution in [0, 0.1) is 5.92 Å². The van der Waals surface area contributed by atoms with Gasteiger partial charge in [-0.25, -0.2) is 4.79 Å². The van der Waals surface area contributed by atoms with Gasteiger partial charge >= 0.3 is 6.03 Å². The van der Waals surface area contributed by atoms with Crippen molar-refractivity contribution in [3.8, 4) is 5.75 Å². The van der Waals surface area contributed by atoms with Crippen LogP contribution in [0.5, 0.6) is 5.75 Å². The molecule has 1 aliphatic heterocycles. The van der Waals surface area contributed by atoms with Crippen molar-refractivity contribution in [3.63, 3.8) is 0 Å². The summed E-state index contributed by atoms with van der Waals surface area (Å²) in [6.07, 6.45) is 4.32. The first-order valence-electron chi connectivity index (χ1n) is 9.09. The number of benzene rings is 2.